The summed E-state index contributed by atoms with van der Waals surface area (Å²) in [6.07, 6.45) is 0. The van der Waals surface area contributed by atoms with Crippen molar-refractivity contribution in [1.82, 2.24) is 0 Å². The first kappa shape index (κ1) is 15.5. The number of nitro benzene ring substituents is 1. The second-order valence-corrected chi connectivity index (χ2v) is 4.97. The van der Waals surface area contributed by atoms with Crippen molar-refractivity contribution < 1.29 is 13.7 Å². The van der Waals surface area contributed by atoms with Crippen LogP contribution in [0.1, 0.15) is 5.56 Å². The van der Waals surface area contributed by atoms with Crippen LogP contribution >= 0.6 is 23.2 Å². The largest absolute Gasteiger partial charge is 0.377 e. The minimum absolute atomic E-state index is 0.0842. The molecule has 110 valence electrons. The van der Waals surface area contributed by atoms with Crippen molar-refractivity contribution in [2.75, 3.05) is 5.32 Å². The number of nitro groups is 1. The van der Waals surface area contributed by atoms with Gasteiger partial charge in [-0.25, -0.2) is 8.78 Å². The number of benzene rings is 2. The number of nitrogens with one attached hydrogen (secondary N) is 1. The van der Waals surface area contributed by atoms with E-state index in [4.69, 9.17) is 23.2 Å². The van der Waals surface area contributed by atoms with Crippen molar-refractivity contribution in [3.8, 4) is 0 Å². The summed E-state index contributed by atoms with van der Waals surface area (Å²) in [5, 5.41) is 13.7. The van der Waals surface area contributed by atoms with E-state index in [0.29, 0.717) is 11.1 Å². The molecule has 0 heterocycles. The number of halogens is 4. The van der Waals surface area contributed by atoms with Crippen molar-refractivity contribution in [3.05, 3.63) is 67.7 Å². The van der Waals surface area contributed by atoms with E-state index in [-0.39, 0.29) is 28.5 Å². The molecule has 8 heteroatoms. The van der Waals surface area contributed by atoms with Crippen LogP contribution in [0, 0.1) is 21.7 Å². The quantitative estimate of drug-likeness (QED) is 0.646. The summed E-state index contributed by atoms with van der Waals surface area (Å²) in [4.78, 5) is 10.3. The molecule has 0 saturated carbocycles. The number of hydrogen-bond acceptors (Lipinski definition) is 3. The van der Waals surface area contributed by atoms with E-state index >= 15 is 0 Å². The van der Waals surface area contributed by atoms with Gasteiger partial charge >= 0.3 is 0 Å². The second kappa shape index (κ2) is 6.24. The SMILES string of the molecule is O=[N+]([O-])c1ccc(Cl)cc1CNc1c(F)cc(F)cc1Cl. The molecule has 4 nitrogen and oxygen atoms in total. The Morgan fingerprint density at radius 3 is 2.52 bits per heavy atom. The molecule has 0 fully saturated rings. The van der Waals surface area contributed by atoms with E-state index in [1.165, 1.54) is 18.2 Å². The molecule has 2 rings (SSSR count). The van der Waals surface area contributed by atoms with E-state index < -0.39 is 16.6 Å². The summed E-state index contributed by atoms with van der Waals surface area (Å²) in [5.41, 5.74) is -0.0369. The fraction of sp³-hybridized carbons (Fsp3) is 0.0769. The third-order valence-corrected chi connectivity index (χ3v) is 3.23. The molecule has 0 aliphatic rings. The van der Waals surface area contributed by atoms with Crippen molar-refractivity contribution in [1.29, 1.82) is 0 Å². The molecule has 2 aromatic carbocycles. The van der Waals surface area contributed by atoms with Gasteiger partial charge < -0.3 is 5.32 Å². The van der Waals surface area contributed by atoms with Crippen LogP contribution in [0.15, 0.2) is 30.3 Å². The lowest BCUT2D eigenvalue weighted by Crippen LogP contribution is -2.05. The second-order valence-electron chi connectivity index (χ2n) is 4.13. The molecule has 0 radical (unpaired) electrons. The zero-order chi connectivity index (χ0) is 15.6. The van der Waals surface area contributed by atoms with Gasteiger partial charge in [0.2, 0.25) is 0 Å². The maximum atomic E-state index is 13.6. The molecule has 1 N–H and O–H groups in total. The molecular formula is C13H8Cl2F2N2O2. The molecule has 0 unspecified atom stereocenters. The Labute approximate surface area is 128 Å². The van der Waals surface area contributed by atoms with Crippen LogP contribution in [-0.2, 0) is 6.54 Å². The van der Waals surface area contributed by atoms with E-state index in [1.54, 1.807) is 0 Å². The fourth-order valence-electron chi connectivity index (χ4n) is 1.77. The Morgan fingerprint density at radius 2 is 1.90 bits per heavy atom. The molecular weight excluding hydrogens is 325 g/mol. The average Bonchev–Trinajstić information content (AvgIpc) is 2.37. The molecule has 2 aromatic rings. The number of hydrogen-bond donors (Lipinski definition) is 1. The lowest BCUT2D eigenvalue weighted by atomic mass is 10.1. The van der Waals surface area contributed by atoms with Gasteiger partial charge in [0.05, 0.1) is 21.2 Å². The summed E-state index contributed by atoms with van der Waals surface area (Å²) >= 11 is 11.5. The van der Waals surface area contributed by atoms with E-state index in [2.05, 4.69) is 5.32 Å². The number of nitrogens with zero attached hydrogens (tertiary/aromatic N) is 1. The molecule has 0 aromatic heterocycles. The predicted octanol–water partition coefficient (Wildman–Crippen LogP) is 4.79. The molecule has 0 spiro atoms. The summed E-state index contributed by atoms with van der Waals surface area (Å²) < 4.78 is 26.5. The Morgan fingerprint density at radius 1 is 1.19 bits per heavy atom. The first-order valence-corrected chi connectivity index (χ1v) is 6.45. The van der Waals surface area contributed by atoms with Gasteiger partial charge in [-0.05, 0) is 18.2 Å². The number of anilines is 1. The maximum Gasteiger partial charge on any atom is 0.274 e. The average molecular weight is 333 g/mol. The first-order chi connectivity index (χ1) is 9.88. The van der Waals surface area contributed by atoms with Gasteiger partial charge in [-0.2, -0.15) is 0 Å². The third-order valence-electron chi connectivity index (χ3n) is 2.70. The number of rotatable bonds is 4. The monoisotopic (exact) mass is 332 g/mol. The molecule has 0 amide bonds. The van der Waals surface area contributed by atoms with Crippen LogP contribution in [0.25, 0.3) is 0 Å². The highest BCUT2D eigenvalue weighted by atomic mass is 35.5. The Hall–Kier alpha value is -1.92. The summed E-state index contributed by atoms with van der Waals surface area (Å²) in [7, 11) is 0. The predicted molar refractivity (Wildman–Crippen MR) is 76.8 cm³/mol. The minimum atomic E-state index is -0.885. The summed E-state index contributed by atoms with van der Waals surface area (Å²) in [6.45, 7) is -0.0842. The normalized spacial score (nSPS) is 10.5. The van der Waals surface area contributed by atoms with E-state index in [1.807, 2.05) is 0 Å². The van der Waals surface area contributed by atoms with Gasteiger partial charge in [0, 0.05) is 23.7 Å². The summed E-state index contributed by atoms with van der Waals surface area (Å²) in [5.74, 6) is -1.69. The highest BCUT2D eigenvalue weighted by Crippen LogP contribution is 2.29. The lowest BCUT2D eigenvalue weighted by Gasteiger charge is -2.10. The van der Waals surface area contributed by atoms with Gasteiger partial charge in [0.25, 0.3) is 5.69 Å². The van der Waals surface area contributed by atoms with Crippen LogP contribution < -0.4 is 5.32 Å². The highest BCUT2D eigenvalue weighted by Gasteiger charge is 2.15. The van der Waals surface area contributed by atoms with Gasteiger partial charge in [-0.1, -0.05) is 23.2 Å². The molecule has 0 aliphatic heterocycles. The molecule has 21 heavy (non-hydrogen) atoms. The van der Waals surface area contributed by atoms with E-state index in [9.17, 15) is 18.9 Å². The van der Waals surface area contributed by atoms with Crippen LogP contribution in [0.5, 0.6) is 0 Å². The maximum absolute atomic E-state index is 13.6. The van der Waals surface area contributed by atoms with Crippen molar-refractivity contribution in [2.45, 2.75) is 6.54 Å². The Kier molecular flexibility index (Phi) is 4.59. The lowest BCUT2D eigenvalue weighted by molar-refractivity contribution is -0.385. The van der Waals surface area contributed by atoms with Gasteiger partial charge in [0.15, 0.2) is 5.82 Å². The molecule has 0 bridgehead atoms. The van der Waals surface area contributed by atoms with Crippen molar-refractivity contribution >= 4 is 34.6 Å². The van der Waals surface area contributed by atoms with E-state index in [0.717, 1.165) is 6.07 Å². The zero-order valence-electron chi connectivity index (χ0n) is 10.4. The molecule has 0 saturated heterocycles. The van der Waals surface area contributed by atoms with Crippen LogP contribution in [0.3, 0.4) is 0 Å². The van der Waals surface area contributed by atoms with Crippen LogP contribution in [0.2, 0.25) is 10.0 Å². The fourth-order valence-corrected chi connectivity index (χ4v) is 2.22. The third kappa shape index (κ3) is 3.59. The Bertz CT molecular complexity index is 688. The smallest absolute Gasteiger partial charge is 0.274 e. The van der Waals surface area contributed by atoms with Crippen molar-refractivity contribution in [3.63, 3.8) is 0 Å². The topological polar surface area (TPSA) is 55.2 Å². The summed E-state index contributed by atoms with van der Waals surface area (Å²) in [6, 6.07) is 5.64. The zero-order valence-corrected chi connectivity index (χ0v) is 11.9. The Balaban J connectivity index is 2.28. The first-order valence-electron chi connectivity index (χ1n) is 5.69. The van der Waals surface area contributed by atoms with Crippen molar-refractivity contribution in [2.24, 2.45) is 0 Å². The minimum Gasteiger partial charge on any atom is -0.377 e. The van der Waals surface area contributed by atoms with Gasteiger partial charge in [0.1, 0.15) is 5.82 Å². The van der Waals surface area contributed by atoms with Gasteiger partial charge in [-0.3, -0.25) is 10.1 Å². The molecule has 0 aliphatic carbocycles. The molecule has 0 atom stereocenters. The highest BCUT2D eigenvalue weighted by molar-refractivity contribution is 6.33. The van der Waals surface area contributed by atoms with Crippen LogP contribution in [0.4, 0.5) is 20.2 Å². The standard InChI is InChI=1S/C13H8Cl2F2N2O2/c14-8-1-2-12(19(20)21)7(3-8)6-18-13-10(15)4-9(16)5-11(13)17/h1-5,18H,6H2. The van der Waals surface area contributed by atoms with Gasteiger partial charge in [-0.15, -0.1) is 0 Å². The van der Waals surface area contributed by atoms with Crippen LogP contribution in [-0.4, -0.2) is 4.92 Å².